The Morgan fingerprint density at radius 1 is 1.25 bits per heavy atom. The number of benzene rings is 1. The van der Waals surface area contributed by atoms with Gasteiger partial charge in [0, 0.05) is 0 Å². The van der Waals surface area contributed by atoms with Crippen molar-refractivity contribution in [2.24, 2.45) is 0 Å². The number of aromatic nitrogens is 2. The smallest absolute Gasteiger partial charge is 0.294 e. The first-order chi connectivity index (χ1) is 7.72. The van der Waals surface area contributed by atoms with Gasteiger partial charge in [0.2, 0.25) is 0 Å². The Bertz CT molecular complexity index is 546. The lowest BCUT2D eigenvalue weighted by molar-refractivity contribution is 0.414. The van der Waals surface area contributed by atoms with Gasteiger partial charge in [0.15, 0.2) is 0 Å². The van der Waals surface area contributed by atoms with Gasteiger partial charge < -0.3 is 10.5 Å². The van der Waals surface area contributed by atoms with E-state index in [0.29, 0.717) is 5.69 Å². The maximum Gasteiger partial charge on any atom is 0.294 e. The van der Waals surface area contributed by atoms with Crippen molar-refractivity contribution in [3.63, 3.8) is 0 Å². The Labute approximate surface area is 92.1 Å². The molecule has 0 aliphatic carbocycles. The molecule has 5 nitrogen and oxygen atoms in total. The molecular weight excluding hydrogens is 206 g/mol. The van der Waals surface area contributed by atoms with Crippen molar-refractivity contribution in [1.82, 2.24) is 9.78 Å². The molecule has 0 spiro atoms. The van der Waals surface area contributed by atoms with Crippen LogP contribution in [0.25, 0.3) is 5.69 Å². The third-order valence-corrected chi connectivity index (χ3v) is 2.19. The van der Waals surface area contributed by atoms with Gasteiger partial charge in [0.05, 0.1) is 19.0 Å². The van der Waals surface area contributed by atoms with Crippen LogP contribution < -0.4 is 16.0 Å². The second-order valence-electron chi connectivity index (χ2n) is 3.20. The third-order valence-electron chi connectivity index (χ3n) is 2.19. The van der Waals surface area contributed by atoms with Crippen LogP contribution in [0.15, 0.2) is 41.3 Å². The molecule has 2 rings (SSSR count). The van der Waals surface area contributed by atoms with E-state index in [9.17, 15) is 4.79 Å². The Balaban J connectivity index is 2.51. The average Bonchev–Trinajstić information content (AvgIpc) is 2.33. The van der Waals surface area contributed by atoms with Gasteiger partial charge in [0.25, 0.3) is 5.56 Å². The molecule has 0 amide bonds. The molecule has 0 aliphatic rings. The van der Waals surface area contributed by atoms with E-state index in [-0.39, 0.29) is 11.2 Å². The van der Waals surface area contributed by atoms with Crippen LogP contribution in [0.4, 0.5) is 5.69 Å². The summed E-state index contributed by atoms with van der Waals surface area (Å²) < 4.78 is 6.27. The highest BCUT2D eigenvalue weighted by Gasteiger charge is 2.03. The Morgan fingerprint density at radius 2 is 1.94 bits per heavy atom. The zero-order chi connectivity index (χ0) is 11.5. The molecule has 1 aromatic carbocycles. The molecule has 0 saturated heterocycles. The maximum absolute atomic E-state index is 11.7. The molecule has 2 aromatic rings. The zero-order valence-electron chi connectivity index (χ0n) is 8.75. The lowest BCUT2D eigenvalue weighted by Crippen LogP contribution is -2.23. The number of ether oxygens (including phenoxy) is 1. The van der Waals surface area contributed by atoms with E-state index in [0.717, 1.165) is 5.75 Å². The van der Waals surface area contributed by atoms with E-state index < -0.39 is 0 Å². The number of anilines is 1. The second kappa shape index (κ2) is 4.06. The van der Waals surface area contributed by atoms with Crippen LogP contribution in [0.2, 0.25) is 0 Å². The molecule has 0 bridgehead atoms. The van der Waals surface area contributed by atoms with Crippen molar-refractivity contribution in [1.29, 1.82) is 0 Å². The molecule has 0 fully saturated rings. The molecule has 0 radical (unpaired) electrons. The Kier molecular flexibility index (Phi) is 2.59. The van der Waals surface area contributed by atoms with Crippen molar-refractivity contribution in [3.05, 3.63) is 46.9 Å². The molecule has 0 unspecified atom stereocenters. The Hall–Kier alpha value is -2.30. The number of nitrogens with zero attached hydrogens (tertiary/aromatic N) is 2. The minimum Gasteiger partial charge on any atom is -0.497 e. The maximum atomic E-state index is 11.7. The monoisotopic (exact) mass is 217 g/mol. The molecule has 2 N–H and O–H groups in total. The summed E-state index contributed by atoms with van der Waals surface area (Å²) in [6, 6.07) is 8.47. The van der Waals surface area contributed by atoms with E-state index in [2.05, 4.69) is 5.10 Å². The normalized spacial score (nSPS) is 10.1. The van der Waals surface area contributed by atoms with Crippen molar-refractivity contribution in [3.8, 4) is 11.4 Å². The van der Waals surface area contributed by atoms with Gasteiger partial charge in [-0.25, -0.2) is 0 Å². The van der Waals surface area contributed by atoms with Crippen LogP contribution >= 0.6 is 0 Å². The molecular formula is C11H11N3O2. The van der Waals surface area contributed by atoms with Crippen molar-refractivity contribution >= 4 is 5.69 Å². The second-order valence-corrected chi connectivity index (χ2v) is 3.20. The number of rotatable bonds is 2. The summed E-state index contributed by atoms with van der Waals surface area (Å²) >= 11 is 0. The van der Waals surface area contributed by atoms with Crippen molar-refractivity contribution < 1.29 is 4.74 Å². The number of hydrogen-bond donors (Lipinski definition) is 1. The first kappa shape index (κ1) is 10.2. The minimum atomic E-state index is -0.326. The minimum absolute atomic E-state index is 0.172. The highest BCUT2D eigenvalue weighted by Crippen LogP contribution is 2.12. The molecule has 1 heterocycles. The fraction of sp³-hybridized carbons (Fsp3) is 0.0909. The number of nitrogen functional groups attached to an aromatic ring is 1. The molecule has 5 heteroatoms. The predicted octanol–water partition coefficient (Wildman–Crippen LogP) is 0.823. The van der Waals surface area contributed by atoms with Gasteiger partial charge in [-0.3, -0.25) is 4.79 Å². The van der Waals surface area contributed by atoms with E-state index >= 15 is 0 Å². The summed E-state index contributed by atoms with van der Waals surface area (Å²) in [4.78, 5) is 11.7. The van der Waals surface area contributed by atoms with Gasteiger partial charge in [-0.15, -0.1) is 0 Å². The third kappa shape index (κ3) is 1.75. The molecule has 0 aliphatic heterocycles. The summed E-state index contributed by atoms with van der Waals surface area (Å²) in [5, 5.41) is 3.95. The largest absolute Gasteiger partial charge is 0.497 e. The van der Waals surface area contributed by atoms with Gasteiger partial charge in [-0.1, -0.05) is 0 Å². The van der Waals surface area contributed by atoms with Gasteiger partial charge in [0.1, 0.15) is 11.4 Å². The summed E-state index contributed by atoms with van der Waals surface area (Å²) in [5.41, 5.74) is 6.01. The first-order valence-electron chi connectivity index (χ1n) is 4.70. The van der Waals surface area contributed by atoms with E-state index in [1.54, 1.807) is 31.4 Å². The standard InChI is InChI=1S/C11H11N3O2/c1-16-9-4-2-8(3-5-9)14-11(15)10(12)6-7-13-14/h2-7H,12H2,1H3. The average molecular weight is 217 g/mol. The van der Waals surface area contributed by atoms with Crippen LogP contribution in [0, 0.1) is 0 Å². The van der Waals surface area contributed by atoms with Crippen LogP contribution in [0.5, 0.6) is 5.75 Å². The summed E-state index contributed by atoms with van der Waals surface area (Å²) in [7, 11) is 1.58. The number of methoxy groups -OCH3 is 1. The van der Waals surface area contributed by atoms with Crippen LogP contribution in [-0.2, 0) is 0 Å². The Morgan fingerprint density at radius 3 is 2.56 bits per heavy atom. The van der Waals surface area contributed by atoms with Crippen molar-refractivity contribution in [2.45, 2.75) is 0 Å². The van der Waals surface area contributed by atoms with Crippen LogP contribution in [-0.4, -0.2) is 16.9 Å². The molecule has 82 valence electrons. The molecule has 16 heavy (non-hydrogen) atoms. The van der Waals surface area contributed by atoms with Gasteiger partial charge >= 0.3 is 0 Å². The van der Waals surface area contributed by atoms with Crippen molar-refractivity contribution in [2.75, 3.05) is 12.8 Å². The van der Waals surface area contributed by atoms with Gasteiger partial charge in [-0.05, 0) is 30.3 Å². The quantitative estimate of drug-likeness (QED) is 0.808. The predicted molar refractivity (Wildman–Crippen MR) is 60.8 cm³/mol. The van der Waals surface area contributed by atoms with E-state index in [1.807, 2.05) is 0 Å². The summed E-state index contributed by atoms with van der Waals surface area (Å²) in [5.74, 6) is 0.723. The fourth-order valence-electron chi connectivity index (χ4n) is 1.33. The SMILES string of the molecule is COc1ccc(-n2nccc(N)c2=O)cc1. The summed E-state index contributed by atoms with van der Waals surface area (Å²) in [6.45, 7) is 0. The highest BCUT2D eigenvalue weighted by molar-refractivity contribution is 5.40. The number of nitrogens with two attached hydrogens (primary N) is 1. The first-order valence-corrected chi connectivity index (χ1v) is 4.70. The fourth-order valence-corrected chi connectivity index (χ4v) is 1.33. The highest BCUT2D eigenvalue weighted by atomic mass is 16.5. The van der Waals surface area contributed by atoms with E-state index in [4.69, 9.17) is 10.5 Å². The van der Waals surface area contributed by atoms with Gasteiger partial charge in [-0.2, -0.15) is 9.78 Å². The summed E-state index contributed by atoms with van der Waals surface area (Å²) in [6.07, 6.45) is 1.49. The molecule has 1 aromatic heterocycles. The van der Waals surface area contributed by atoms with E-state index in [1.165, 1.54) is 16.9 Å². The topological polar surface area (TPSA) is 70.1 Å². The molecule has 0 atom stereocenters. The zero-order valence-corrected chi connectivity index (χ0v) is 8.75. The number of hydrogen-bond acceptors (Lipinski definition) is 4. The van der Waals surface area contributed by atoms with Crippen LogP contribution in [0.3, 0.4) is 0 Å². The molecule has 0 saturated carbocycles. The lowest BCUT2D eigenvalue weighted by atomic mass is 10.3. The lowest BCUT2D eigenvalue weighted by Gasteiger charge is -2.05. The van der Waals surface area contributed by atoms with Crippen LogP contribution in [0.1, 0.15) is 0 Å².